The first-order valence-corrected chi connectivity index (χ1v) is 9.78. The molecule has 2 aromatic carbocycles. The number of nitrogens with zero attached hydrogens (tertiary/aromatic N) is 3. The van der Waals surface area contributed by atoms with Crippen LogP contribution in [-0.4, -0.2) is 47.1 Å². The van der Waals surface area contributed by atoms with Crippen molar-refractivity contribution in [2.75, 3.05) is 26.7 Å². The van der Waals surface area contributed by atoms with Crippen molar-refractivity contribution in [1.29, 1.82) is 0 Å². The molecule has 0 bridgehead atoms. The highest BCUT2D eigenvalue weighted by molar-refractivity contribution is 5.97. The molecule has 4 rings (SSSR count). The molecule has 0 aliphatic carbocycles. The summed E-state index contributed by atoms with van der Waals surface area (Å²) in [5, 5.41) is 3.02. The molecule has 1 aliphatic rings. The maximum Gasteiger partial charge on any atom is 0.251 e. The smallest absolute Gasteiger partial charge is 0.251 e. The molecule has 6 nitrogen and oxygen atoms in total. The number of rotatable bonds is 7. The highest BCUT2D eigenvalue weighted by Crippen LogP contribution is 2.20. The molecule has 2 heterocycles. The fourth-order valence-corrected chi connectivity index (χ4v) is 3.63. The van der Waals surface area contributed by atoms with Gasteiger partial charge in [-0.3, -0.25) is 4.79 Å². The molecule has 0 radical (unpaired) electrons. The fourth-order valence-electron chi connectivity index (χ4n) is 3.63. The Morgan fingerprint density at radius 3 is 2.96 bits per heavy atom. The molecule has 0 spiro atoms. The molecule has 0 saturated carbocycles. The summed E-state index contributed by atoms with van der Waals surface area (Å²) in [5.41, 5.74) is 3.88. The normalized spacial score (nSPS) is 13.6. The average molecular weight is 378 g/mol. The second kappa shape index (κ2) is 8.54. The van der Waals surface area contributed by atoms with Gasteiger partial charge in [-0.15, -0.1) is 0 Å². The van der Waals surface area contributed by atoms with E-state index >= 15 is 0 Å². The largest absolute Gasteiger partial charge is 0.372 e. The highest BCUT2D eigenvalue weighted by Gasteiger charge is 2.16. The molecule has 28 heavy (non-hydrogen) atoms. The minimum Gasteiger partial charge on any atom is -0.372 e. The Kier molecular flexibility index (Phi) is 5.69. The molecule has 0 atom stereocenters. The summed E-state index contributed by atoms with van der Waals surface area (Å²) in [5.74, 6) is 0.884. The number of aromatic nitrogens is 2. The number of ether oxygens (including phenoxy) is 1. The van der Waals surface area contributed by atoms with E-state index in [1.54, 1.807) is 0 Å². The first-order chi connectivity index (χ1) is 13.7. The van der Waals surface area contributed by atoms with Crippen molar-refractivity contribution in [3.05, 3.63) is 65.5 Å². The van der Waals surface area contributed by atoms with Crippen LogP contribution in [0.3, 0.4) is 0 Å². The molecule has 1 aromatic heterocycles. The van der Waals surface area contributed by atoms with Crippen molar-refractivity contribution in [3.63, 3.8) is 0 Å². The van der Waals surface area contributed by atoms with Gasteiger partial charge in [0.1, 0.15) is 12.4 Å². The summed E-state index contributed by atoms with van der Waals surface area (Å²) >= 11 is 0. The minimum atomic E-state index is -0.0464. The Balaban J connectivity index is 1.28. The quantitative estimate of drug-likeness (QED) is 0.643. The van der Waals surface area contributed by atoms with Crippen molar-refractivity contribution in [1.82, 2.24) is 19.8 Å². The van der Waals surface area contributed by atoms with Crippen molar-refractivity contribution in [2.24, 2.45) is 0 Å². The molecule has 6 heteroatoms. The maximum absolute atomic E-state index is 12.5. The summed E-state index contributed by atoms with van der Waals surface area (Å²) in [6.45, 7) is 4.56. The molecular formula is C22H26N4O2. The molecule has 1 N–H and O–H groups in total. The monoisotopic (exact) mass is 378 g/mol. The number of benzene rings is 2. The first kappa shape index (κ1) is 18.7. The zero-order valence-electron chi connectivity index (χ0n) is 16.2. The van der Waals surface area contributed by atoms with E-state index in [0.717, 1.165) is 42.9 Å². The first-order valence-electron chi connectivity index (χ1n) is 9.78. The molecular weight excluding hydrogens is 352 g/mol. The molecule has 1 aliphatic heterocycles. The fraction of sp³-hybridized carbons (Fsp3) is 0.364. The van der Waals surface area contributed by atoms with Gasteiger partial charge < -0.3 is 19.5 Å². The topological polar surface area (TPSA) is 59.4 Å². The van der Waals surface area contributed by atoms with Gasteiger partial charge in [0.15, 0.2) is 0 Å². The molecule has 0 unspecified atom stereocenters. The van der Waals surface area contributed by atoms with Crippen molar-refractivity contribution in [3.8, 4) is 0 Å². The third-order valence-corrected chi connectivity index (χ3v) is 5.08. The summed E-state index contributed by atoms with van der Waals surface area (Å²) in [6.07, 6.45) is 0.910. The molecule has 3 aromatic rings. The van der Waals surface area contributed by atoms with E-state index in [1.807, 2.05) is 24.3 Å². The van der Waals surface area contributed by atoms with Crippen LogP contribution in [0.2, 0.25) is 0 Å². The Morgan fingerprint density at radius 1 is 1.25 bits per heavy atom. The van der Waals surface area contributed by atoms with E-state index in [2.05, 4.69) is 51.1 Å². The highest BCUT2D eigenvalue weighted by atomic mass is 16.5. The zero-order valence-corrected chi connectivity index (χ0v) is 16.2. The molecule has 0 fully saturated rings. The number of amides is 1. The second-order valence-corrected chi connectivity index (χ2v) is 7.27. The van der Waals surface area contributed by atoms with E-state index in [0.29, 0.717) is 25.3 Å². The van der Waals surface area contributed by atoms with Gasteiger partial charge in [0.05, 0.1) is 17.6 Å². The Labute approximate surface area is 165 Å². The van der Waals surface area contributed by atoms with Gasteiger partial charge >= 0.3 is 0 Å². The van der Waals surface area contributed by atoms with Gasteiger partial charge in [0.2, 0.25) is 0 Å². The Morgan fingerprint density at radius 2 is 2.11 bits per heavy atom. The van der Waals surface area contributed by atoms with Crippen LogP contribution in [0.4, 0.5) is 0 Å². The van der Waals surface area contributed by atoms with Gasteiger partial charge in [0.25, 0.3) is 5.91 Å². The number of hydrogen-bond acceptors (Lipinski definition) is 4. The lowest BCUT2D eigenvalue weighted by molar-refractivity contribution is 0.0830. The lowest BCUT2D eigenvalue weighted by Crippen LogP contribution is -2.28. The number of nitrogens with one attached hydrogen (secondary N) is 1. The van der Waals surface area contributed by atoms with Crippen LogP contribution >= 0.6 is 0 Å². The summed E-state index contributed by atoms with van der Waals surface area (Å²) in [4.78, 5) is 19.4. The SMILES string of the molecule is CN(CCCNC(=O)c1ccc2c(c1)nc1n2CCOC1)Cc1ccccc1. The number of imidazole rings is 1. The lowest BCUT2D eigenvalue weighted by atomic mass is 10.2. The van der Waals surface area contributed by atoms with Gasteiger partial charge in [-0.05, 0) is 43.8 Å². The summed E-state index contributed by atoms with van der Waals surface area (Å²) in [6, 6.07) is 16.2. The van der Waals surface area contributed by atoms with Crippen LogP contribution in [-0.2, 0) is 24.4 Å². The number of carbonyl (C=O) groups is 1. The van der Waals surface area contributed by atoms with Crippen molar-refractivity contribution < 1.29 is 9.53 Å². The summed E-state index contributed by atoms with van der Waals surface area (Å²) < 4.78 is 7.63. The van der Waals surface area contributed by atoms with Gasteiger partial charge in [-0.2, -0.15) is 0 Å². The number of fused-ring (bicyclic) bond motifs is 3. The minimum absolute atomic E-state index is 0.0464. The zero-order chi connectivity index (χ0) is 19.3. The van der Waals surface area contributed by atoms with Gasteiger partial charge in [-0.25, -0.2) is 4.98 Å². The van der Waals surface area contributed by atoms with Crippen LogP contribution in [0.15, 0.2) is 48.5 Å². The maximum atomic E-state index is 12.5. The van der Waals surface area contributed by atoms with Crippen molar-refractivity contribution >= 4 is 16.9 Å². The summed E-state index contributed by atoms with van der Waals surface area (Å²) in [7, 11) is 2.10. The van der Waals surface area contributed by atoms with Crippen molar-refractivity contribution in [2.45, 2.75) is 26.1 Å². The van der Waals surface area contributed by atoms with Crippen LogP contribution in [0.25, 0.3) is 11.0 Å². The van der Waals surface area contributed by atoms with E-state index in [1.165, 1.54) is 5.56 Å². The van der Waals surface area contributed by atoms with Crippen LogP contribution in [0.1, 0.15) is 28.2 Å². The molecule has 0 saturated heterocycles. The number of carbonyl (C=O) groups excluding carboxylic acids is 1. The predicted octanol–water partition coefficient (Wildman–Crippen LogP) is 2.82. The van der Waals surface area contributed by atoms with E-state index in [4.69, 9.17) is 4.74 Å². The van der Waals surface area contributed by atoms with Gasteiger partial charge in [0, 0.05) is 25.2 Å². The Hall–Kier alpha value is -2.70. The van der Waals surface area contributed by atoms with Gasteiger partial charge in [-0.1, -0.05) is 30.3 Å². The van der Waals surface area contributed by atoms with Crippen LogP contribution < -0.4 is 5.32 Å². The lowest BCUT2D eigenvalue weighted by Gasteiger charge is -2.16. The third kappa shape index (κ3) is 4.24. The number of hydrogen-bond donors (Lipinski definition) is 1. The Bertz CT molecular complexity index is 952. The standard InChI is InChI=1S/C22H26N4O2/c1-25(15-17-6-3-2-4-7-17)11-5-10-23-22(27)18-8-9-20-19(14-18)24-21-16-28-13-12-26(20)21/h2-4,6-9,14H,5,10-13,15-16H2,1H3,(H,23,27). The molecule has 1 amide bonds. The van der Waals surface area contributed by atoms with Crippen LogP contribution in [0, 0.1) is 0 Å². The van der Waals surface area contributed by atoms with Crippen LogP contribution in [0.5, 0.6) is 0 Å². The predicted molar refractivity (Wildman–Crippen MR) is 109 cm³/mol. The van der Waals surface area contributed by atoms with E-state index < -0.39 is 0 Å². The third-order valence-electron chi connectivity index (χ3n) is 5.08. The molecule has 146 valence electrons. The van der Waals surface area contributed by atoms with E-state index in [-0.39, 0.29) is 5.91 Å². The average Bonchev–Trinajstić information content (AvgIpc) is 3.09. The second-order valence-electron chi connectivity index (χ2n) is 7.27. The van der Waals surface area contributed by atoms with E-state index in [9.17, 15) is 4.79 Å².